The molecule has 8 nitrogen and oxygen atoms in total. The van der Waals surface area contributed by atoms with Crippen molar-refractivity contribution in [2.75, 3.05) is 5.75 Å². The highest BCUT2D eigenvalue weighted by Crippen LogP contribution is 2.14. The quantitative estimate of drug-likeness (QED) is 0.386. The zero-order chi connectivity index (χ0) is 15.7. The van der Waals surface area contributed by atoms with Crippen molar-refractivity contribution in [3.05, 3.63) is 33.5 Å². The number of nitrogens with zero attached hydrogens (tertiary/aromatic N) is 3. The molecule has 0 radical (unpaired) electrons. The number of aliphatic carboxylic acids is 1. The molecule has 0 fully saturated rings. The van der Waals surface area contributed by atoms with E-state index in [2.05, 4.69) is 11.6 Å². The monoisotopic (exact) mass is 310 g/mol. The molecule has 1 N–H and O–H groups in total. The summed E-state index contributed by atoms with van der Waals surface area (Å²) in [7, 11) is 2.93. The van der Waals surface area contributed by atoms with Crippen molar-refractivity contribution < 1.29 is 14.5 Å². The highest BCUT2D eigenvalue weighted by atomic mass is 32.2. The van der Waals surface area contributed by atoms with Crippen LogP contribution in [0.15, 0.2) is 27.4 Å². The number of carbonyl (C=O) groups excluding carboxylic acids is 1. The number of aryl methyl sites for hydroxylation is 1. The van der Waals surface area contributed by atoms with E-state index in [9.17, 15) is 19.5 Å². The fourth-order valence-electron chi connectivity index (χ4n) is 2.03. The molecule has 2 heterocycles. The number of imidazole rings is 1. The minimum absolute atomic E-state index is 0.266. The number of nitrogens with one attached hydrogen (secondary N) is 1. The first-order chi connectivity index (χ1) is 9.88. The van der Waals surface area contributed by atoms with Crippen LogP contribution < -0.4 is 20.9 Å². The molecule has 0 aromatic carbocycles. The molecule has 0 bridgehead atoms. The van der Waals surface area contributed by atoms with Crippen LogP contribution in [0.5, 0.6) is 0 Å². The van der Waals surface area contributed by atoms with E-state index in [1.807, 2.05) is 0 Å². The molecule has 2 rings (SSSR count). The molecular weight excluding hydrogens is 296 g/mol. The van der Waals surface area contributed by atoms with Crippen molar-refractivity contribution in [2.24, 2.45) is 14.1 Å². The molecule has 21 heavy (non-hydrogen) atoms. The second-order valence-electron chi connectivity index (χ2n) is 4.39. The van der Waals surface area contributed by atoms with E-state index in [4.69, 9.17) is 0 Å². The Balaban J connectivity index is 2.79. The van der Waals surface area contributed by atoms with E-state index >= 15 is 0 Å². The molecule has 0 amide bonds. The maximum Gasteiger partial charge on any atom is 0.333 e. The Labute approximate surface area is 123 Å². The Morgan fingerprint density at radius 2 is 2.10 bits per heavy atom. The molecule has 9 heteroatoms. The van der Waals surface area contributed by atoms with Gasteiger partial charge in [-0.2, -0.15) is 0 Å². The SMILES string of the molecule is C=CC[n+]1c(SCC(=O)[O-])[nH]c2c1c(=O)n(C)c(=O)n2C. The van der Waals surface area contributed by atoms with Crippen LogP contribution in [-0.2, 0) is 25.4 Å². The zero-order valence-electron chi connectivity index (χ0n) is 11.6. The first-order valence-electron chi connectivity index (χ1n) is 6.03. The summed E-state index contributed by atoms with van der Waals surface area (Å²) >= 11 is 0.984. The second-order valence-corrected chi connectivity index (χ2v) is 5.36. The van der Waals surface area contributed by atoms with Crippen LogP contribution in [0.3, 0.4) is 0 Å². The first kappa shape index (κ1) is 15.1. The van der Waals surface area contributed by atoms with Crippen molar-refractivity contribution in [1.82, 2.24) is 14.1 Å². The Kier molecular flexibility index (Phi) is 4.03. The van der Waals surface area contributed by atoms with Crippen LogP contribution >= 0.6 is 11.8 Å². The molecule has 0 aliphatic rings. The second kappa shape index (κ2) is 5.60. The van der Waals surface area contributed by atoms with Gasteiger partial charge in [-0.3, -0.25) is 13.9 Å². The van der Waals surface area contributed by atoms with Gasteiger partial charge >= 0.3 is 16.4 Å². The summed E-state index contributed by atoms with van der Waals surface area (Å²) in [5.41, 5.74) is -0.284. The van der Waals surface area contributed by atoms with Crippen molar-refractivity contribution in [3.63, 3.8) is 0 Å². The minimum Gasteiger partial charge on any atom is -0.549 e. The molecule has 0 saturated heterocycles. The van der Waals surface area contributed by atoms with Crippen molar-refractivity contribution in [3.8, 4) is 0 Å². The summed E-state index contributed by atoms with van der Waals surface area (Å²) in [5.74, 6) is -1.48. The Hall–Kier alpha value is -2.29. The molecule has 0 atom stereocenters. The lowest BCUT2D eigenvalue weighted by molar-refractivity contribution is -0.699. The number of H-pyrrole nitrogens is 1. The van der Waals surface area contributed by atoms with Gasteiger partial charge in [0.25, 0.3) is 11.2 Å². The minimum atomic E-state index is -1.22. The van der Waals surface area contributed by atoms with Crippen LogP contribution in [-0.4, -0.2) is 25.8 Å². The summed E-state index contributed by atoms with van der Waals surface area (Å²) in [4.78, 5) is 37.7. The summed E-state index contributed by atoms with van der Waals surface area (Å²) in [6, 6.07) is 0. The molecule has 0 unspecified atom stereocenters. The van der Waals surface area contributed by atoms with Crippen LogP contribution in [0.1, 0.15) is 0 Å². The highest BCUT2D eigenvalue weighted by molar-refractivity contribution is 7.99. The Bertz CT molecular complexity index is 846. The van der Waals surface area contributed by atoms with E-state index in [0.717, 1.165) is 16.3 Å². The fourth-order valence-corrected chi connectivity index (χ4v) is 2.77. The topological polar surface area (TPSA) is 104 Å². The van der Waals surface area contributed by atoms with Gasteiger partial charge in [-0.25, -0.2) is 14.3 Å². The number of aromatic nitrogens is 4. The number of fused-ring (bicyclic) bond motifs is 1. The average molecular weight is 310 g/mol. The number of carboxylic acids is 1. The lowest BCUT2D eigenvalue weighted by Crippen LogP contribution is -2.44. The molecule has 112 valence electrons. The third-order valence-corrected chi connectivity index (χ3v) is 4.00. The molecule has 0 aliphatic carbocycles. The van der Waals surface area contributed by atoms with Gasteiger partial charge in [0.1, 0.15) is 6.54 Å². The molecule has 0 spiro atoms. The van der Waals surface area contributed by atoms with Crippen LogP contribution in [0, 0.1) is 0 Å². The van der Waals surface area contributed by atoms with E-state index in [-0.39, 0.29) is 5.75 Å². The predicted molar refractivity (Wildman–Crippen MR) is 74.9 cm³/mol. The third kappa shape index (κ3) is 2.51. The fraction of sp³-hybridized carbons (Fsp3) is 0.333. The van der Waals surface area contributed by atoms with E-state index in [1.54, 1.807) is 10.6 Å². The van der Waals surface area contributed by atoms with E-state index in [0.29, 0.717) is 22.9 Å². The van der Waals surface area contributed by atoms with Gasteiger partial charge in [-0.05, 0) is 11.8 Å². The van der Waals surface area contributed by atoms with Gasteiger partial charge in [0.2, 0.25) is 0 Å². The summed E-state index contributed by atoms with van der Waals surface area (Å²) in [6.07, 6.45) is 1.58. The summed E-state index contributed by atoms with van der Waals surface area (Å²) in [5, 5.41) is 11.1. The molecule has 0 saturated carbocycles. The van der Waals surface area contributed by atoms with Gasteiger partial charge in [-0.15, -0.1) is 0 Å². The standard InChI is InChI=1S/C12H14N4O4S/c1-4-5-16-8-9(13-11(16)21-6-7(17)18)14(2)12(20)15(3)10(8)19/h4H,1,5-6H2,2-3H3,(H,17,18). The smallest absolute Gasteiger partial charge is 0.333 e. The lowest BCUT2D eigenvalue weighted by Gasteiger charge is -2.01. The zero-order valence-corrected chi connectivity index (χ0v) is 12.4. The number of carboxylic acid groups (broad SMARTS) is 1. The largest absolute Gasteiger partial charge is 0.549 e. The number of hydrogen-bond donors (Lipinski definition) is 1. The molecule has 2 aromatic rings. The van der Waals surface area contributed by atoms with Gasteiger partial charge in [-0.1, -0.05) is 12.7 Å². The summed E-state index contributed by atoms with van der Waals surface area (Å²) < 4.78 is 3.90. The number of aromatic amines is 1. The maximum absolute atomic E-state index is 12.3. The molecule has 2 aromatic heterocycles. The van der Waals surface area contributed by atoms with E-state index < -0.39 is 17.2 Å². The normalized spacial score (nSPS) is 11.0. The molecule has 0 aliphatic heterocycles. The van der Waals surface area contributed by atoms with Gasteiger partial charge in [0.15, 0.2) is 0 Å². The van der Waals surface area contributed by atoms with Crippen molar-refractivity contribution in [2.45, 2.75) is 11.7 Å². The predicted octanol–water partition coefficient (Wildman–Crippen LogP) is -2.12. The van der Waals surface area contributed by atoms with Crippen molar-refractivity contribution >= 4 is 28.9 Å². The van der Waals surface area contributed by atoms with Crippen LogP contribution in [0.4, 0.5) is 0 Å². The lowest BCUT2D eigenvalue weighted by atomic mass is 10.5. The Morgan fingerprint density at radius 1 is 1.43 bits per heavy atom. The number of rotatable bonds is 5. The third-order valence-electron chi connectivity index (χ3n) is 3.02. The summed E-state index contributed by atoms with van der Waals surface area (Å²) in [6.45, 7) is 3.93. The van der Waals surface area contributed by atoms with Gasteiger partial charge in [0.05, 0.1) is 5.97 Å². The van der Waals surface area contributed by atoms with Gasteiger partial charge < -0.3 is 9.90 Å². The van der Waals surface area contributed by atoms with Crippen LogP contribution in [0.2, 0.25) is 0 Å². The first-order valence-corrected chi connectivity index (χ1v) is 7.02. The number of hydrogen-bond acceptors (Lipinski definition) is 5. The Morgan fingerprint density at radius 3 is 2.67 bits per heavy atom. The number of carbonyl (C=O) groups is 1. The highest BCUT2D eigenvalue weighted by Gasteiger charge is 2.25. The van der Waals surface area contributed by atoms with E-state index in [1.165, 1.54) is 18.7 Å². The number of allylic oxidation sites excluding steroid dienone is 1. The van der Waals surface area contributed by atoms with Crippen molar-refractivity contribution in [1.29, 1.82) is 0 Å². The molecular formula is C12H14N4O4S. The van der Waals surface area contributed by atoms with Gasteiger partial charge in [0, 0.05) is 19.8 Å². The average Bonchev–Trinajstić information content (AvgIpc) is 2.80. The number of thioether (sulfide) groups is 1. The maximum atomic E-state index is 12.3. The van der Waals surface area contributed by atoms with Crippen LogP contribution in [0.25, 0.3) is 11.2 Å².